The van der Waals surface area contributed by atoms with Crippen molar-refractivity contribution < 1.29 is 18.7 Å². The Morgan fingerprint density at radius 1 is 1.37 bits per heavy atom. The summed E-state index contributed by atoms with van der Waals surface area (Å²) in [7, 11) is 0. The molecule has 1 aromatic carbocycles. The zero-order valence-corrected chi connectivity index (χ0v) is 10.5. The Balaban J connectivity index is 2.31. The number of carbonyl (C=O) groups is 1. The van der Waals surface area contributed by atoms with Crippen LogP contribution in [0.3, 0.4) is 0 Å². The second kappa shape index (κ2) is 7.16. The van der Waals surface area contributed by atoms with Crippen LogP contribution in [0.1, 0.15) is 24.4 Å². The van der Waals surface area contributed by atoms with Gasteiger partial charge in [0.25, 0.3) is 5.92 Å². The van der Waals surface area contributed by atoms with Crippen molar-refractivity contribution in [3.05, 3.63) is 35.9 Å². The van der Waals surface area contributed by atoms with Gasteiger partial charge in [-0.2, -0.15) is 0 Å². The summed E-state index contributed by atoms with van der Waals surface area (Å²) in [6, 6.07) is 8.95. The monoisotopic (exact) mass is 272 g/mol. The standard InChI is InChI=1S/C13H18F2N2O2/c14-13(15,9-18)8-17-12(19)7-6-11(16)10-4-2-1-3-5-10/h1-5,11,18H,6-9,16H2,(H,17,19). The van der Waals surface area contributed by atoms with E-state index >= 15 is 0 Å². The van der Waals surface area contributed by atoms with Crippen molar-refractivity contribution in [3.63, 3.8) is 0 Å². The van der Waals surface area contributed by atoms with Crippen molar-refractivity contribution >= 4 is 5.91 Å². The topological polar surface area (TPSA) is 75.4 Å². The number of carbonyl (C=O) groups excluding carboxylic acids is 1. The van der Waals surface area contributed by atoms with E-state index in [0.717, 1.165) is 5.56 Å². The third-order valence-corrected chi connectivity index (χ3v) is 2.69. The van der Waals surface area contributed by atoms with Gasteiger partial charge in [-0.25, -0.2) is 8.78 Å². The van der Waals surface area contributed by atoms with E-state index in [9.17, 15) is 13.6 Å². The molecule has 4 N–H and O–H groups in total. The van der Waals surface area contributed by atoms with Gasteiger partial charge in [0.15, 0.2) is 0 Å². The van der Waals surface area contributed by atoms with Crippen molar-refractivity contribution in [2.75, 3.05) is 13.2 Å². The lowest BCUT2D eigenvalue weighted by Gasteiger charge is -2.15. The van der Waals surface area contributed by atoms with E-state index < -0.39 is 25.0 Å². The highest BCUT2D eigenvalue weighted by molar-refractivity contribution is 5.75. The third-order valence-electron chi connectivity index (χ3n) is 2.69. The van der Waals surface area contributed by atoms with Crippen molar-refractivity contribution in [1.29, 1.82) is 0 Å². The normalized spacial score (nSPS) is 13.1. The van der Waals surface area contributed by atoms with Crippen LogP contribution in [0, 0.1) is 0 Å². The average Bonchev–Trinajstić information content (AvgIpc) is 2.43. The Kier molecular flexibility index (Phi) is 5.85. The number of hydrogen-bond donors (Lipinski definition) is 3. The first-order chi connectivity index (χ1) is 8.94. The number of alkyl halides is 2. The summed E-state index contributed by atoms with van der Waals surface area (Å²) >= 11 is 0. The van der Waals surface area contributed by atoms with Crippen LogP contribution in [0.4, 0.5) is 8.78 Å². The molecule has 0 saturated heterocycles. The Morgan fingerprint density at radius 2 is 2.00 bits per heavy atom. The Labute approximate surface area is 110 Å². The summed E-state index contributed by atoms with van der Waals surface area (Å²) in [5, 5.41) is 10.4. The molecule has 1 aromatic rings. The molecule has 0 fully saturated rings. The van der Waals surface area contributed by atoms with Crippen LogP contribution in [0.5, 0.6) is 0 Å². The fraction of sp³-hybridized carbons (Fsp3) is 0.462. The molecule has 0 aromatic heterocycles. The number of rotatable bonds is 7. The molecule has 0 saturated carbocycles. The van der Waals surface area contributed by atoms with Gasteiger partial charge in [0.1, 0.15) is 6.61 Å². The van der Waals surface area contributed by atoms with Gasteiger partial charge in [0, 0.05) is 12.5 Å². The predicted octanol–water partition coefficient (Wildman–Crippen LogP) is 1.21. The molecule has 106 valence electrons. The SMILES string of the molecule is NC(CCC(=O)NCC(F)(F)CO)c1ccccc1. The van der Waals surface area contributed by atoms with E-state index in [1.165, 1.54) is 0 Å². The molecule has 0 heterocycles. The van der Waals surface area contributed by atoms with Crippen LogP contribution in [-0.4, -0.2) is 30.1 Å². The summed E-state index contributed by atoms with van der Waals surface area (Å²) in [5.41, 5.74) is 6.78. The molecule has 19 heavy (non-hydrogen) atoms. The number of aliphatic hydroxyl groups is 1. The van der Waals surface area contributed by atoms with Gasteiger partial charge in [0.05, 0.1) is 6.54 Å². The van der Waals surface area contributed by atoms with Gasteiger partial charge in [-0.15, -0.1) is 0 Å². The van der Waals surface area contributed by atoms with E-state index in [4.69, 9.17) is 10.8 Å². The quantitative estimate of drug-likeness (QED) is 0.698. The number of hydrogen-bond acceptors (Lipinski definition) is 3. The second-order valence-electron chi connectivity index (χ2n) is 4.35. The minimum atomic E-state index is -3.28. The minimum absolute atomic E-state index is 0.0670. The van der Waals surface area contributed by atoms with E-state index in [0.29, 0.717) is 6.42 Å². The first kappa shape index (κ1) is 15.5. The number of benzene rings is 1. The summed E-state index contributed by atoms with van der Waals surface area (Å²) in [6.45, 7) is -2.14. The minimum Gasteiger partial charge on any atom is -0.390 e. The lowest BCUT2D eigenvalue weighted by molar-refractivity contribution is -0.124. The van der Waals surface area contributed by atoms with E-state index in [-0.39, 0.29) is 12.5 Å². The Morgan fingerprint density at radius 3 is 2.58 bits per heavy atom. The van der Waals surface area contributed by atoms with Gasteiger partial charge in [-0.1, -0.05) is 30.3 Å². The maximum atomic E-state index is 12.7. The first-order valence-electron chi connectivity index (χ1n) is 6.00. The first-order valence-corrected chi connectivity index (χ1v) is 6.00. The fourth-order valence-corrected chi connectivity index (χ4v) is 1.53. The Hall–Kier alpha value is -1.53. The van der Waals surface area contributed by atoms with Gasteiger partial charge in [-0.05, 0) is 12.0 Å². The average molecular weight is 272 g/mol. The van der Waals surface area contributed by atoms with Gasteiger partial charge >= 0.3 is 0 Å². The van der Waals surface area contributed by atoms with Gasteiger partial charge in [0.2, 0.25) is 5.91 Å². The largest absolute Gasteiger partial charge is 0.390 e. The molecule has 0 aliphatic carbocycles. The zero-order chi connectivity index (χ0) is 14.3. The number of nitrogens with one attached hydrogen (secondary N) is 1. The molecule has 0 aliphatic heterocycles. The number of amides is 1. The number of nitrogens with two attached hydrogens (primary N) is 1. The summed E-state index contributed by atoms with van der Waals surface area (Å²) < 4.78 is 25.4. The van der Waals surface area contributed by atoms with E-state index in [1.807, 2.05) is 30.3 Å². The Bertz CT molecular complexity index is 399. The molecule has 6 heteroatoms. The summed E-state index contributed by atoms with van der Waals surface area (Å²) in [6.07, 6.45) is 0.443. The maximum absolute atomic E-state index is 12.7. The van der Waals surface area contributed by atoms with Crippen molar-refractivity contribution in [1.82, 2.24) is 5.32 Å². The van der Waals surface area contributed by atoms with E-state index in [1.54, 1.807) is 0 Å². The lowest BCUT2D eigenvalue weighted by Crippen LogP contribution is -2.39. The molecule has 1 atom stereocenters. The lowest BCUT2D eigenvalue weighted by atomic mass is 10.0. The molecule has 1 amide bonds. The van der Waals surface area contributed by atoms with Crippen LogP contribution < -0.4 is 11.1 Å². The van der Waals surface area contributed by atoms with Crippen LogP contribution >= 0.6 is 0 Å². The smallest absolute Gasteiger partial charge is 0.287 e. The number of aliphatic hydroxyl groups excluding tert-OH is 1. The molecule has 0 spiro atoms. The van der Waals surface area contributed by atoms with Gasteiger partial charge in [-0.3, -0.25) is 4.79 Å². The molecule has 1 rings (SSSR count). The molecular weight excluding hydrogens is 254 g/mol. The fourth-order valence-electron chi connectivity index (χ4n) is 1.53. The highest BCUT2D eigenvalue weighted by Crippen LogP contribution is 2.15. The van der Waals surface area contributed by atoms with Crippen LogP contribution in [0.15, 0.2) is 30.3 Å². The highest BCUT2D eigenvalue weighted by Gasteiger charge is 2.28. The van der Waals surface area contributed by atoms with Crippen molar-refractivity contribution in [2.24, 2.45) is 5.73 Å². The number of halogens is 2. The van der Waals surface area contributed by atoms with Gasteiger partial charge < -0.3 is 16.2 Å². The van der Waals surface area contributed by atoms with Crippen LogP contribution in [0.25, 0.3) is 0 Å². The summed E-state index contributed by atoms with van der Waals surface area (Å²) in [5.74, 6) is -3.78. The van der Waals surface area contributed by atoms with Crippen LogP contribution in [-0.2, 0) is 4.79 Å². The van der Waals surface area contributed by atoms with Crippen molar-refractivity contribution in [2.45, 2.75) is 24.8 Å². The second-order valence-corrected chi connectivity index (χ2v) is 4.35. The maximum Gasteiger partial charge on any atom is 0.287 e. The molecule has 4 nitrogen and oxygen atoms in total. The molecule has 0 aliphatic rings. The van der Waals surface area contributed by atoms with E-state index in [2.05, 4.69) is 5.32 Å². The molecular formula is C13H18F2N2O2. The van der Waals surface area contributed by atoms with Crippen LogP contribution in [0.2, 0.25) is 0 Å². The molecule has 1 unspecified atom stereocenters. The van der Waals surface area contributed by atoms with Crippen molar-refractivity contribution in [3.8, 4) is 0 Å². The third kappa shape index (κ3) is 5.76. The molecule has 0 radical (unpaired) electrons. The summed E-state index contributed by atoms with van der Waals surface area (Å²) in [4.78, 5) is 11.4. The predicted molar refractivity (Wildman–Crippen MR) is 67.6 cm³/mol. The zero-order valence-electron chi connectivity index (χ0n) is 10.5. The molecule has 0 bridgehead atoms. The highest BCUT2D eigenvalue weighted by atomic mass is 19.3.